The number of nitrogens with zero attached hydrogens (tertiary/aromatic N) is 2. The van der Waals surface area contributed by atoms with Crippen molar-refractivity contribution >= 4 is 28.8 Å². The van der Waals surface area contributed by atoms with Gasteiger partial charge in [0.2, 0.25) is 11.9 Å². The van der Waals surface area contributed by atoms with E-state index in [0.717, 1.165) is 24.0 Å². The Hall–Kier alpha value is -3.35. The van der Waals surface area contributed by atoms with Crippen LogP contribution in [0.5, 0.6) is 5.75 Å². The lowest BCUT2D eigenvalue weighted by Gasteiger charge is -2.22. The number of carbonyl (C=O) groups is 2. The number of aryl methyl sites for hydroxylation is 1. The zero-order valence-corrected chi connectivity index (χ0v) is 17.8. The molecule has 0 aliphatic rings. The number of nitrogens with one attached hydrogen (secondary N) is 2. The van der Waals surface area contributed by atoms with Crippen LogP contribution in [0.4, 0.5) is 5.95 Å². The molecule has 0 bridgehead atoms. The summed E-state index contributed by atoms with van der Waals surface area (Å²) in [5.41, 5.74) is 2.26. The van der Waals surface area contributed by atoms with E-state index in [0.29, 0.717) is 17.3 Å². The van der Waals surface area contributed by atoms with E-state index in [1.165, 1.54) is 0 Å². The monoisotopic (exact) mass is 408 g/mol. The molecular formula is C23H28N4O3. The van der Waals surface area contributed by atoms with Gasteiger partial charge in [0.05, 0.1) is 18.1 Å². The Balaban J connectivity index is 1.79. The van der Waals surface area contributed by atoms with Gasteiger partial charge in [-0.05, 0) is 48.7 Å². The maximum atomic E-state index is 13.1. The van der Waals surface area contributed by atoms with E-state index in [9.17, 15) is 9.59 Å². The summed E-state index contributed by atoms with van der Waals surface area (Å²) in [6.07, 6.45) is 0.908. The Labute approximate surface area is 176 Å². The third-order valence-corrected chi connectivity index (χ3v) is 4.92. The second-order valence-corrected chi connectivity index (χ2v) is 7.49. The highest BCUT2D eigenvalue weighted by Crippen LogP contribution is 2.21. The number of para-hydroxylation sites is 2. The molecule has 2 aromatic carbocycles. The summed E-state index contributed by atoms with van der Waals surface area (Å²) in [4.78, 5) is 30.3. The molecule has 2 amide bonds. The van der Waals surface area contributed by atoms with Crippen LogP contribution in [0.3, 0.4) is 0 Å². The van der Waals surface area contributed by atoms with E-state index < -0.39 is 6.04 Å². The molecule has 0 radical (unpaired) electrons. The lowest BCUT2D eigenvalue weighted by Crippen LogP contribution is -2.47. The summed E-state index contributed by atoms with van der Waals surface area (Å²) in [5, 5.41) is 5.77. The number of methoxy groups -OCH3 is 1. The number of imidazole rings is 1. The van der Waals surface area contributed by atoms with Crippen LogP contribution in [0.2, 0.25) is 0 Å². The van der Waals surface area contributed by atoms with Crippen LogP contribution in [-0.2, 0) is 11.3 Å². The number of fused-ring (bicyclic) bond motifs is 1. The number of rotatable bonds is 8. The molecule has 0 aliphatic heterocycles. The number of carbonyl (C=O) groups excluding carboxylic acids is 2. The van der Waals surface area contributed by atoms with Gasteiger partial charge in [0, 0.05) is 12.1 Å². The average Bonchev–Trinajstić information content (AvgIpc) is 3.09. The molecular weight excluding hydrogens is 380 g/mol. The van der Waals surface area contributed by atoms with E-state index in [-0.39, 0.29) is 17.7 Å². The normalized spacial score (nSPS) is 12.0. The number of hydrogen-bond acceptors (Lipinski definition) is 4. The Morgan fingerprint density at radius 1 is 1.10 bits per heavy atom. The summed E-state index contributed by atoms with van der Waals surface area (Å²) >= 11 is 0. The van der Waals surface area contributed by atoms with Crippen LogP contribution in [0, 0.1) is 5.92 Å². The van der Waals surface area contributed by atoms with Gasteiger partial charge in [-0.15, -0.1) is 0 Å². The Morgan fingerprint density at radius 2 is 1.80 bits per heavy atom. The highest BCUT2D eigenvalue weighted by atomic mass is 16.5. The summed E-state index contributed by atoms with van der Waals surface area (Å²) in [6, 6.07) is 13.8. The Kier molecular flexibility index (Phi) is 6.72. The van der Waals surface area contributed by atoms with E-state index in [1.807, 2.05) is 42.7 Å². The quantitative estimate of drug-likeness (QED) is 0.593. The second-order valence-electron chi connectivity index (χ2n) is 7.49. The van der Waals surface area contributed by atoms with Crippen molar-refractivity contribution in [2.75, 3.05) is 12.4 Å². The lowest BCUT2D eigenvalue weighted by molar-refractivity contribution is -0.119. The second kappa shape index (κ2) is 9.43. The zero-order chi connectivity index (χ0) is 21.7. The minimum atomic E-state index is -0.700. The number of amides is 2. The fraction of sp³-hybridized carbons (Fsp3) is 0.348. The van der Waals surface area contributed by atoms with Crippen molar-refractivity contribution in [3.8, 4) is 5.75 Å². The predicted molar refractivity (Wildman–Crippen MR) is 118 cm³/mol. The maximum Gasteiger partial charge on any atom is 0.251 e. The highest BCUT2D eigenvalue weighted by molar-refractivity contribution is 6.01. The molecule has 2 N–H and O–H groups in total. The van der Waals surface area contributed by atoms with Crippen molar-refractivity contribution in [1.29, 1.82) is 0 Å². The van der Waals surface area contributed by atoms with Crippen molar-refractivity contribution in [1.82, 2.24) is 14.9 Å². The molecule has 1 heterocycles. The third kappa shape index (κ3) is 4.62. The van der Waals surface area contributed by atoms with E-state index in [4.69, 9.17) is 4.74 Å². The van der Waals surface area contributed by atoms with Gasteiger partial charge in [-0.25, -0.2) is 4.98 Å². The van der Waals surface area contributed by atoms with Gasteiger partial charge in [-0.1, -0.05) is 32.9 Å². The first-order valence-electron chi connectivity index (χ1n) is 10.2. The zero-order valence-electron chi connectivity index (χ0n) is 17.8. The van der Waals surface area contributed by atoms with Crippen molar-refractivity contribution in [3.05, 3.63) is 54.1 Å². The largest absolute Gasteiger partial charge is 0.497 e. The number of ether oxygens (including phenoxy) is 1. The molecule has 0 unspecified atom stereocenters. The molecule has 0 saturated carbocycles. The first kappa shape index (κ1) is 21.4. The molecule has 0 saturated heterocycles. The Bertz CT molecular complexity index is 1020. The van der Waals surface area contributed by atoms with Crippen LogP contribution >= 0.6 is 0 Å². The summed E-state index contributed by atoms with van der Waals surface area (Å²) in [6.45, 7) is 6.61. The SMILES string of the molecule is CCCn1c(NC(=O)[C@@H](NC(=O)c2ccc(OC)cc2)C(C)C)nc2ccccc21. The Morgan fingerprint density at radius 3 is 2.43 bits per heavy atom. The van der Waals surface area contributed by atoms with Gasteiger partial charge >= 0.3 is 0 Å². The number of anilines is 1. The van der Waals surface area contributed by atoms with E-state index >= 15 is 0 Å². The molecule has 7 nitrogen and oxygen atoms in total. The number of hydrogen-bond donors (Lipinski definition) is 2. The first-order chi connectivity index (χ1) is 14.4. The van der Waals surface area contributed by atoms with Crippen LogP contribution in [0.25, 0.3) is 11.0 Å². The smallest absolute Gasteiger partial charge is 0.251 e. The van der Waals surface area contributed by atoms with Gasteiger partial charge in [-0.2, -0.15) is 0 Å². The molecule has 1 atom stereocenters. The topological polar surface area (TPSA) is 85.2 Å². The molecule has 3 aromatic rings. The minimum absolute atomic E-state index is 0.101. The fourth-order valence-electron chi connectivity index (χ4n) is 3.31. The van der Waals surface area contributed by atoms with E-state index in [2.05, 4.69) is 22.5 Å². The minimum Gasteiger partial charge on any atom is -0.497 e. The number of aromatic nitrogens is 2. The van der Waals surface area contributed by atoms with Gasteiger partial charge in [0.1, 0.15) is 11.8 Å². The summed E-state index contributed by atoms with van der Waals surface area (Å²) < 4.78 is 7.12. The van der Waals surface area contributed by atoms with Gasteiger partial charge in [0.25, 0.3) is 5.91 Å². The van der Waals surface area contributed by atoms with Crippen LogP contribution in [-0.4, -0.2) is 34.5 Å². The average molecular weight is 409 g/mol. The van der Waals surface area contributed by atoms with Crippen LogP contribution in [0.15, 0.2) is 48.5 Å². The standard InChI is InChI=1S/C23H28N4O3/c1-5-14-27-19-9-7-6-8-18(19)24-23(27)26-22(29)20(15(2)3)25-21(28)16-10-12-17(30-4)13-11-16/h6-13,15,20H,5,14H2,1-4H3,(H,25,28)(H,24,26,29)/t20-/m0/s1. The highest BCUT2D eigenvalue weighted by Gasteiger charge is 2.26. The number of benzene rings is 2. The molecule has 0 fully saturated rings. The van der Waals surface area contributed by atoms with Gasteiger partial charge in [0.15, 0.2) is 0 Å². The van der Waals surface area contributed by atoms with Gasteiger partial charge < -0.3 is 14.6 Å². The lowest BCUT2D eigenvalue weighted by atomic mass is 10.0. The molecule has 1 aromatic heterocycles. The fourth-order valence-corrected chi connectivity index (χ4v) is 3.31. The molecule has 30 heavy (non-hydrogen) atoms. The van der Waals surface area contributed by atoms with Crippen LogP contribution in [0.1, 0.15) is 37.6 Å². The first-order valence-corrected chi connectivity index (χ1v) is 10.2. The van der Waals surface area contributed by atoms with Crippen molar-refractivity contribution in [2.24, 2.45) is 5.92 Å². The van der Waals surface area contributed by atoms with Crippen molar-refractivity contribution < 1.29 is 14.3 Å². The maximum absolute atomic E-state index is 13.1. The van der Waals surface area contributed by atoms with E-state index in [1.54, 1.807) is 31.4 Å². The molecule has 7 heteroatoms. The molecule has 0 spiro atoms. The summed E-state index contributed by atoms with van der Waals surface area (Å²) in [5.74, 6) is 0.455. The third-order valence-electron chi connectivity index (χ3n) is 4.92. The van der Waals surface area contributed by atoms with Crippen molar-refractivity contribution in [3.63, 3.8) is 0 Å². The van der Waals surface area contributed by atoms with Crippen LogP contribution < -0.4 is 15.4 Å². The predicted octanol–water partition coefficient (Wildman–Crippen LogP) is 3.85. The summed E-state index contributed by atoms with van der Waals surface area (Å²) in [7, 11) is 1.57. The van der Waals surface area contributed by atoms with Gasteiger partial charge in [-0.3, -0.25) is 14.9 Å². The molecule has 3 rings (SSSR count). The van der Waals surface area contributed by atoms with Crippen molar-refractivity contribution in [2.45, 2.75) is 39.8 Å². The molecule has 158 valence electrons. The molecule has 0 aliphatic carbocycles.